The van der Waals surface area contributed by atoms with E-state index in [4.69, 9.17) is 10.2 Å². The molecule has 0 aromatic carbocycles. The molecular weight excluding hydrogens is 286 g/mol. The van der Waals surface area contributed by atoms with Crippen LogP contribution in [0.5, 0.6) is 0 Å². The molecule has 3 heterocycles. The van der Waals surface area contributed by atoms with Crippen LogP contribution in [0.25, 0.3) is 10.1 Å². The molecule has 0 radical (unpaired) electrons. The molecule has 108 valence electrons. The fraction of sp³-hybridized carbons (Fsp3) is 0.200. The average Bonchev–Trinajstić information content (AvgIpc) is 3.04. The molecule has 3 N–H and O–H groups in total. The van der Waals surface area contributed by atoms with Crippen molar-refractivity contribution in [2.75, 3.05) is 5.73 Å². The van der Waals surface area contributed by atoms with Crippen LogP contribution in [0, 0.1) is 6.92 Å². The monoisotopic (exact) mass is 301 g/mol. The van der Waals surface area contributed by atoms with Crippen LogP contribution in [0.3, 0.4) is 0 Å². The largest absolute Gasteiger partial charge is 0.464 e. The Morgan fingerprint density at radius 3 is 2.90 bits per heavy atom. The molecular formula is C15H15N3O2S. The Balaban J connectivity index is 1.85. The van der Waals surface area contributed by atoms with E-state index in [2.05, 4.69) is 10.3 Å². The lowest BCUT2D eigenvalue weighted by atomic mass is 10.2. The van der Waals surface area contributed by atoms with Crippen molar-refractivity contribution in [1.29, 1.82) is 0 Å². The molecule has 0 bridgehead atoms. The van der Waals surface area contributed by atoms with E-state index >= 15 is 0 Å². The number of hydrogen-bond donors (Lipinski definition) is 2. The second-order valence-electron chi connectivity index (χ2n) is 4.86. The van der Waals surface area contributed by atoms with E-state index in [1.54, 1.807) is 12.4 Å². The number of rotatable bonds is 3. The summed E-state index contributed by atoms with van der Waals surface area (Å²) in [5.41, 5.74) is 6.55. The minimum absolute atomic E-state index is 0.199. The zero-order chi connectivity index (χ0) is 15.0. The molecule has 5 nitrogen and oxygen atoms in total. The molecule has 3 rings (SSSR count). The van der Waals surface area contributed by atoms with Gasteiger partial charge in [-0.05, 0) is 32.0 Å². The van der Waals surface area contributed by atoms with Crippen LogP contribution in [-0.4, -0.2) is 10.9 Å². The third-order valence-electron chi connectivity index (χ3n) is 3.27. The smallest absolute Gasteiger partial charge is 0.264 e. The fourth-order valence-electron chi connectivity index (χ4n) is 2.16. The van der Waals surface area contributed by atoms with Gasteiger partial charge in [-0.3, -0.25) is 9.78 Å². The van der Waals surface area contributed by atoms with Gasteiger partial charge in [-0.2, -0.15) is 0 Å². The summed E-state index contributed by atoms with van der Waals surface area (Å²) in [5.74, 6) is 1.34. The van der Waals surface area contributed by atoms with E-state index in [0.29, 0.717) is 10.6 Å². The number of nitrogens with two attached hydrogens (primary N) is 1. The molecule has 1 unspecified atom stereocenters. The third-order valence-corrected chi connectivity index (χ3v) is 4.43. The van der Waals surface area contributed by atoms with Gasteiger partial charge in [0.15, 0.2) is 0 Å². The van der Waals surface area contributed by atoms with Gasteiger partial charge in [0.2, 0.25) is 0 Å². The van der Waals surface area contributed by atoms with Crippen molar-refractivity contribution in [3.8, 4) is 0 Å². The zero-order valence-corrected chi connectivity index (χ0v) is 12.5. The topological polar surface area (TPSA) is 81.2 Å². The van der Waals surface area contributed by atoms with E-state index in [1.165, 1.54) is 11.3 Å². The first-order chi connectivity index (χ1) is 10.1. The van der Waals surface area contributed by atoms with Crippen molar-refractivity contribution in [2.24, 2.45) is 0 Å². The van der Waals surface area contributed by atoms with Gasteiger partial charge in [-0.1, -0.05) is 0 Å². The van der Waals surface area contributed by atoms with Crippen molar-refractivity contribution < 1.29 is 9.21 Å². The molecule has 3 aromatic heterocycles. The first-order valence-electron chi connectivity index (χ1n) is 6.55. The van der Waals surface area contributed by atoms with E-state index < -0.39 is 0 Å². The van der Waals surface area contributed by atoms with E-state index in [9.17, 15) is 4.79 Å². The quantitative estimate of drug-likeness (QED) is 0.778. The molecule has 1 amide bonds. The van der Waals surface area contributed by atoms with Crippen molar-refractivity contribution in [3.05, 3.63) is 47.0 Å². The standard InChI is InChI=1S/C15H15N3O2S/c1-8-3-4-11(20-8)9(2)18-15(19)14-13(16)10-5-6-17-7-12(10)21-14/h3-7,9H,16H2,1-2H3,(H,18,19). The molecule has 0 saturated carbocycles. The number of fused-ring (bicyclic) bond motifs is 1. The lowest BCUT2D eigenvalue weighted by Gasteiger charge is -2.10. The second-order valence-corrected chi connectivity index (χ2v) is 5.91. The maximum atomic E-state index is 12.4. The second kappa shape index (κ2) is 5.21. The van der Waals surface area contributed by atoms with Gasteiger partial charge in [0.1, 0.15) is 16.4 Å². The van der Waals surface area contributed by atoms with Crippen LogP contribution in [0.2, 0.25) is 0 Å². The lowest BCUT2D eigenvalue weighted by molar-refractivity contribution is 0.0940. The summed E-state index contributed by atoms with van der Waals surface area (Å²) in [5, 5.41) is 3.77. The molecule has 0 fully saturated rings. The number of nitrogens with zero attached hydrogens (tertiary/aromatic N) is 1. The summed E-state index contributed by atoms with van der Waals surface area (Å²) in [4.78, 5) is 16.9. The van der Waals surface area contributed by atoms with Crippen molar-refractivity contribution >= 4 is 33.0 Å². The number of carbonyl (C=O) groups excluding carboxylic acids is 1. The Bertz CT molecular complexity index is 806. The summed E-state index contributed by atoms with van der Waals surface area (Å²) in [6.07, 6.45) is 3.38. The van der Waals surface area contributed by atoms with Crippen LogP contribution in [0.15, 0.2) is 35.0 Å². The number of aryl methyl sites for hydroxylation is 1. The van der Waals surface area contributed by atoms with Crippen LogP contribution < -0.4 is 11.1 Å². The van der Waals surface area contributed by atoms with Gasteiger partial charge in [-0.15, -0.1) is 11.3 Å². The number of amides is 1. The number of hydrogen-bond acceptors (Lipinski definition) is 5. The maximum Gasteiger partial charge on any atom is 0.264 e. The van der Waals surface area contributed by atoms with E-state index in [-0.39, 0.29) is 11.9 Å². The predicted molar refractivity (Wildman–Crippen MR) is 83.4 cm³/mol. The van der Waals surface area contributed by atoms with Crippen LogP contribution >= 0.6 is 11.3 Å². The first-order valence-corrected chi connectivity index (χ1v) is 7.37. The number of furan rings is 1. The molecule has 1 atom stereocenters. The number of nitrogen functional groups attached to an aromatic ring is 1. The highest BCUT2D eigenvalue weighted by atomic mass is 32.1. The maximum absolute atomic E-state index is 12.4. The molecule has 6 heteroatoms. The molecule has 0 spiro atoms. The number of carbonyl (C=O) groups is 1. The Labute approximate surface area is 125 Å². The highest BCUT2D eigenvalue weighted by Crippen LogP contribution is 2.33. The van der Waals surface area contributed by atoms with Crippen molar-refractivity contribution in [3.63, 3.8) is 0 Å². The van der Waals surface area contributed by atoms with Crippen LogP contribution in [-0.2, 0) is 0 Å². The summed E-state index contributed by atoms with van der Waals surface area (Å²) < 4.78 is 6.42. The molecule has 3 aromatic rings. The number of anilines is 1. The first kappa shape index (κ1) is 13.6. The van der Waals surface area contributed by atoms with Gasteiger partial charge >= 0.3 is 0 Å². The SMILES string of the molecule is Cc1ccc(C(C)NC(=O)c2sc3cnccc3c2N)o1. The van der Waals surface area contributed by atoms with E-state index in [1.807, 2.05) is 32.0 Å². The summed E-state index contributed by atoms with van der Waals surface area (Å²) in [6, 6.07) is 5.33. The summed E-state index contributed by atoms with van der Waals surface area (Å²) in [6.45, 7) is 3.75. The Morgan fingerprint density at radius 2 is 2.24 bits per heavy atom. The van der Waals surface area contributed by atoms with Crippen LogP contribution in [0.1, 0.15) is 34.2 Å². The van der Waals surface area contributed by atoms with Gasteiger partial charge < -0.3 is 15.5 Å². The average molecular weight is 301 g/mol. The van der Waals surface area contributed by atoms with Crippen LogP contribution in [0.4, 0.5) is 5.69 Å². The van der Waals surface area contributed by atoms with Gasteiger partial charge in [0.05, 0.1) is 16.4 Å². The Morgan fingerprint density at radius 1 is 1.43 bits per heavy atom. The van der Waals surface area contributed by atoms with E-state index in [0.717, 1.165) is 21.6 Å². The number of pyridine rings is 1. The highest BCUT2D eigenvalue weighted by molar-refractivity contribution is 7.21. The molecule has 0 aliphatic rings. The summed E-state index contributed by atoms with van der Waals surface area (Å²) in [7, 11) is 0. The minimum atomic E-state index is -0.214. The number of thiophene rings is 1. The van der Waals surface area contributed by atoms with Gasteiger partial charge in [0.25, 0.3) is 5.91 Å². The van der Waals surface area contributed by atoms with Crippen molar-refractivity contribution in [1.82, 2.24) is 10.3 Å². The van der Waals surface area contributed by atoms with Crippen molar-refractivity contribution in [2.45, 2.75) is 19.9 Å². The Kier molecular flexibility index (Phi) is 3.39. The van der Waals surface area contributed by atoms with Gasteiger partial charge in [0, 0.05) is 17.8 Å². The number of aromatic nitrogens is 1. The number of nitrogens with one attached hydrogen (secondary N) is 1. The third kappa shape index (κ3) is 2.50. The highest BCUT2D eigenvalue weighted by Gasteiger charge is 2.19. The van der Waals surface area contributed by atoms with Gasteiger partial charge in [-0.25, -0.2) is 0 Å². The zero-order valence-electron chi connectivity index (χ0n) is 11.7. The minimum Gasteiger partial charge on any atom is -0.464 e. The molecule has 0 aliphatic heterocycles. The molecule has 21 heavy (non-hydrogen) atoms. The normalized spacial score (nSPS) is 12.5. The Hall–Kier alpha value is -2.34. The summed E-state index contributed by atoms with van der Waals surface area (Å²) >= 11 is 1.34. The fourth-order valence-corrected chi connectivity index (χ4v) is 3.15. The molecule has 0 aliphatic carbocycles. The molecule has 0 saturated heterocycles. The lowest BCUT2D eigenvalue weighted by Crippen LogP contribution is -2.26. The predicted octanol–water partition coefficient (Wildman–Crippen LogP) is 3.27.